The number of benzene rings is 1. The molecular formula is C13H13NO4S. The third-order valence-electron chi connectivity index (χ3n) is 2.53. The molecular weight excluding hydrogens is 266 g/mol. The van der Waals surface area contributed by atoms with Crippen LogP contribution in [0.1, 0.15) is 16.6 Å². The molecule has 0 unspecified atom stereocenters. The largest absolute Gasteiger partial charge is 0.496 e. The number of amides is 1. The second kappa shape index (κ2) is 5.27. The van der Waals surface area contributed by atoms with Crippen molar-refractivity contribution >= 4 is 39.0 Å². The van der Waals surface area contributed by atoms with Gasteiger partial charge in [0, 0.05) is 28.8 Å². The van der Waals surface area contributed by atoms with Crippen molar-refractivity contribution < 1.29 is 19.1 Å². The van der Waals surface area contributed by atoms with Crippen molar-refractivity contribution in [3.8, 4) is 5.75 Å². The maximum absolute atomic E-state index is 11.5. The molecule has 0 aliphatic rings. The minimum Gasteiger partial charge on any atom is -0.496 e. The molecule has 0 aliphatic heterocycles. The first-order valence-electron chi connectivity index (χ1n) is 5.52. The van der Waals surface area contributed by atoms with Gasteiger partial charge in [0.1, 0.15) is 10.6 Å². The maximum atomic E-state index is 11.5. The molecule has 0 saturated heterocycles. The van der Waals surface area contributed by atoms with E-state index in [-0.39, 0.29) is 11.9 Å². The third kappa shape index (κ3) is 2.68. The first kappa shape index (κ1) is 13.4. The molecule has 1 N–H and O–H groups in total. The van der Waals surface area contributed by atoms with Gasteiger partial charge in [0.25, 0.3) is 0 Å². The lowest BCUT2D eigenvalue weighted by atomic mass is 10.2. The van der Waals surface area contributed by atoms with Crippen LogP contribution < -0.4 is 10.1 Å². The fourth-order valence-corrected chi connectivity index (χ4v) is 2.79. The van der Waals surface area contributed by atoms with Crippen molar-refractivity contribution in [3.63, 3.8) is 0 Å². The van der Waals surface area contributed by atoms with Gasteiger partial charge in [-0.25, -0.2) is 4.79 Å². The highest BCUT2D eigenvalue weighted by Gasteiger charge is 2.14. The standard InChI is InChI=1S/C13H13NO4S/c1-7(15)14-8-4-10(17-2)9-6-12(13(16)18-3)19-11(9)5-8/h4-6H,1-3H3,(H,14,15). The molecule has 0 aliphatic carbocycles. The number of rotatable bonds is 3. The number of hydrogen-bond acceptors (Lipinski definition) is 5. The number of thiophene rings is 1. The van der Waals surface area contributed by atoms with Crippen LogP contribution in [0.25, 0.3) is 10.1 Å². The van der Waals surface area contributed by atoms with E-state index in [9.17, 15) is 9.59 Å². The van der Waals surface area contributed by atoms with Gasteiger partial charge < -0.3 is 14.8 Å². The fraction of sp³-hybridized carbons (Fsp3) is 0.231. The van der Waals surface area contributed by atoms with Gasteiger partial charge in [-0.3, -0.25) is 4.79 Å². The van der Waals surface area contributed by atoms with Crippen molar-refractivity contribution in [2.75, 3.05) is 19.5 Å². The quantitative estimate of drug-likeness (QED) is 0.877. The minimum atomic E-state index is -0.385. The summed E-state index contributed by atoms with van der Waals surface area (Å²) >= 11 is 1.29. The Hall–Kier alpha value is -2.08. The van der Waals surface area contributed by atoms with E-state index in [1.165, 1.54) is 25.4 Å². The Labute approximate surface area is 114 Å². The molecule has 0 bridgehead atoms. The second-order valence-electron chi connectivity index (χ2n) is 3.87. The molecule has 0 radical (unpaired) electrons. The lowest BCUT2D eigenvalue weighted by Crippen LogP contribution is -2.05. The Bertz CT molecular complexity index is 647. The molecule has 0 fully saturated rings. The summed E-state index contributed by atoms with van der Waals surface area (Å²) in [6.45, 7) is 1.44. The molecule has 5 nitrogen and oxygen atoms in total. The van der Waals surface area contributed by atoms with Gasteiger partial charge in [0.15, 0.2) is 0 Å². The van der Waals surface area contributed by atoms with Crippen LogP contribution in [0.5, 0.6) is 5.75 Å². The van der Waals surface area contributed by atoms with Crippen LogP contribution in [0.3, 0.4) is 0 Å². The van der Waals surface area contributed by atoms with Crippen molar-refractivity contribution in [2.24, 2.45) is 0 Å². The third-order valence-corrected chi connectivity index (χ3v) is 3.59. The number of carbonyl (C=O) groups is 2. The number of ether oxygens (including phenoxy) is 2. The Morgan fingerprint density at radius 2 is 1.95 bits per heavy atom. The smallest absolute Gasteiger partial charge is 0.348 e. The normalized spacial score (nSPS) is 10.3. The number of hydrogen-bond donors (Lipinski definition) is 1. The topological polar surface area (TPSA) is 64.6 Å². The molecule has 2 rings (SSSR count). The predicted octanol–water partition coefficient (Wildman–Crippen LogP) is 2.65. The van der Waals surface area contributed by atoms with Crippen LogP contribution in [0.15, 0.2) is 18.2 Å². The average molecular weight is 279 g/mol. The number of esters is 1. The first-order valence-corrected chi connectivity index (χ1v) is 6.34. The average Bonchev–Trinajstić information content (AvgIpc) is 2.79. The molecule has 1 heterocycles. The highest BCUT2D eigenvalue weighted by molar-refractivity contribution is 7.20. The summed E-state index contributed by atoms with van der Waals surface area (Å²) in [4.78, 5) is 23.1. The Balaban J connectivity index is 2.56. The highest BCUT2D eigenvalue weighted by atomic mass is 32.1. The van der Waals surface area contributed by atoms with Crippen molar-refractivity contribution in [2.45, 2.75) is 6.92 Å². The molecule has 0 spiro atoms. The summed E-state index contributed by atoms with van der Waals surface area (Å²) in [6.07, 6.45) is 0. The van der Waals surface area contributed by atoms with Crippen LogP contribution in [0, 0.1) is 0 Å². The lowest BCUT2D eigenvalue weighted by Gasteiger charge is -2.06. The van der Waals surface area contributed by atoms with Gasteiger partial charge in [0.2, 0.25) is 5.91 Å². The SMILES string of the molecule is COC(=O)c1cc2c(OC)cc(NC(C)=O)cc2s1. The van der Waals surface area contributed by atoms with Crippen LogP contribution in [-0.2, 0) is 9.53 Å². The van der Waals surface area contributed by atoms with Crippen molar-refractivity contribution in [3.05, 3.63) is 23.1 Å². The molecule has 0 saturated carbocycles. The number of anilines is 1. The summed E-state index contributed by atoms with van der Waals surface area (Å²) < 4.78 is 10.8. The van der Waals surface area contributed by atoms with E-state index in [1.54, 1.807) is 25.3 Å². The second-order valence-corrected chi connectivity index (χ2v) is 4.96. The van der Waals surface area contributed by atoms with Gasteiger partial charge in [0.05, 0.1) is 14.2 Å². The highest BCUT2D eigenvalue weighted by Crippen LogP contribution is 2.36. The van der Waals surface area contributed by atoms with Gasteiger partial charge >= 0.3 is 5.97 Å². The van der Waals surface area contributed by atoms with Crippen molar-refractivity contribution in [1.82, 2.24) is 0 Å². The molecule has 1 amide bonds. The fourth-order valence-electron chi connectivity index (χ4n) is 1.75. The monoisotopic (exact) mass is 279 g/mol. The summed E-state index contributed by atoms with van der Waals surface area (Å²) in [6, 6.07) is 5.25. The van der Waals surface area contributed by atoms with E-state index < -0.39 is 0 Å². The molecule has 100 valence electrons. The van der Waals surface area contributed by atoms with Crippen LogP contribution in [-0.4, -0.2) is 26.1 Å². The minimum absolute atomic E-state index is 0.161. The first-order chi connectivity index (χ1) is 9.05. The summed E-state index contributed by atoms with van der Waals surface area (Å²) in [5.74, 6) is 0.0585. The van der Waals surface area contributed by atoms with Crippen LogP contribution in [0.2, 0.25) is 0 Å². The molecule has 19 heavy (non-hydrogen) atoms. The van der Waals surface area contributed by atoms with E-state index in [2.05, 4.69) is 5.32 Å². The van der Waals surface area contributed by atoms with E-state index in [4.69, 9.17) is 9.47 Å². The van der Waals surface area contributed by atoms with Crippen molar-refractivity contribution in [1.29, 1.82) is 0 Å². The van der Waals surface area contributed by atoms with E-state index in [0.717, 1.165) is 10.1 Å². The predicted molar refractivity (Wildman–Crippen MR) is 74.0 cm³/mol. The number of carbonyl (C=O) groups excluding carboxylic acids is 2. The molecule has 1 aromatic heterocycles. The summed E-state index contributed by atoms with van der Waals surface area (Å²) in [5, 5.41) is 3.52. The Morgan fingerprint density at radius 1 is 1.21 bits per heavy atom. The van der Waals surface area contributed by atoms with Gasteiger partial charge in [-0.15, -0.1) is 11.3 Å². The van der Waals surface area contributed by atoms with E-state index in [0.29, 0.717) is 16.3 Å². The zero-order valence-corrected chi connectivity index (χ0v) is 11.6. The lowest BCUT2D eigenvalue weighted by molar-refractivity contribution is -0.114. The van der Waals surface area contributed by atoms with Gasteiger partial charge in [-0.2, -0.15) is 0 Å². The Morgan fingerprint density at radius 3 is 2.53 bits per heavy atom. The Kier molecular flexibility index (Phi) is 3.71. The molecule has 0 atom stereocenters. The number of nitrogens with one attached hydrogen (secondary N) is 1. The molecule has 2 aromatic rings. The van der Waals surface area contributed by atoms with E-state index in [1.807, 2.05) is 0 Å². The summed E-state index contributed by atoms with van der Waals surface area (Å²) in [7, 11) is 2.88. The van der Waals surface area contributed by atoms with Gasteiger partial charge in [-0.1, -0.05) is 0 Å². The van der Waals surface area contributed by atoms with E-state index >= 15 is 0 Å². The number of fused-ring (bicyclic) bond motifs is 1. The molecule has 6 heteroatoms. The molecule has 1 aromatic carbocycles. The van der Waals surface area contributed by atoms with Crippen LogP contribution >= 0.6 is 11.3 Å². The summed E-state index contributed by atoms with van der Waals surface area (Å²) in [5.41, 5.74) is 0.634. The maximum Gasteiger partial charge on any atom is 0.348 e. The van der Waals surface area contributed by atoms with Gasteiger partial charge in [-0.05, 0) is 12.1 Å². The zero-order valence-electron chi connectivity index (χ0n) is 10.8. The number of methoxy groups -OCH3 is 2. The van der Waals surface area contributed by atoms with Crippen LogP contribution in [0.4, 0.5) is 5.69 Å². The zero-order chi connectivity index (χ0) is 14.0.